The molecule has 114 valence electrons. The number of ether oxygens (including phenoxy) is 1. The quantitative estimate of drug-likeness (QED) is 0.879. The van der Waals surface area contributed by atoms with Crippen LogP contribution in [0.3, 0.4) is 0 Å². The van der Waals surface area contributed by atoms with Gasteiger partial charge in [-0.05, 0) is 72.8 Å². The van der Waals surface area contributed by atoms with Crippen molar-refractivity contribution in [3.63, 3.8) is 0 Å². The van der Waals surface area contributed by atoms with Crippen LogP contribution in [0, 0.1) is 0 Å². The van der Waals surface area contributed by atoms with Gasteiger partial charge in [-0.2, -0.15) is 0 Å². The fourth-order valence-corrected chi connectivity index (χ4v) is 3.76. The van der Waals surface area contributed by atoms with Crippen molar-refractivity contribution in [3.05, 3.63) is 28.2 Å². The Morgan fingerprint density at radius 3 is 2.95 bits per heavy atom. The summed E-state index contributed by atoms with van der Waals surface area (Å²) >= 11 is 3.44. The highest BCUT2D eigenvalue weighted by atomic mass is 79.9. The van der Waals surface area contributed by atoms with Crippen LogP contribution in [0.2, 0.25) is 0 Å². The summed E-state index contributed by atoms with van der Waals surface area (Å²) in [6, 6.07) is 5.73. The van der Waals surface area contributed by atoms with E-state index in [0.29, 0.717) is 16.9 Å². The van der Waals surface area contributed by atoms with Gasteiger partial charge in [0, 0.05) is 16.1 Å². The second-order valence-corrected chi connectivity index (χ2v) is 6.92. The predicted octanol–water partition coefficient (Wildman–Crippen LogP) is 2.86. The minimum absolute atomic E-state index is 0.0258. The Balaban J connectivity index is 1.68. The molecule has 4 nitrogen and oxygen atoms in total. The zero-order valence-electron chi connectivity index (χ0n) is 12.2. The molecule has 2 fully saturated rings. The van der Waals surface area contributed by atoms with Crippen molar-refractivity contribution in [2.75, 3.05) is 13.7 Å². The third-order valence-corrected chi connectivity index (χ3v) is 5.39. The van der Waals surface area contributed by atoms with Gasteiger partial charge in [0.05, 0.1) is 12.7 Å². The van der Waals surface area contributed by atoms with Crippen LogP contribution in [0.4, 0.5) is 0 Å². The summed E-state index contributed by atoms with van der Waals surface area (Å²) in [5.41, 5.74) is 0.928. The topological polar surface area (TPSA) is 50.4 Å². The van der Waals surface area contributed by atoms with E-state index in [1.807, 2.05) is 12.1 Å². The van der Waals surface area contributed by atoms with Crippen LogP contribution in [-0.2, 0) is 0 Å². The molecule has 1 aromatic carbocycles. The zero-order valence-corrected chi connectivity index (χ0v) is 13.8. The normalized spacial score (nSPS) is 23.4. The first kappa shape index (κ1) is 14.9. The lowest BCUT2D eigenvalue weighted by molar-refractivity contribution is 0.0852. The Kier molecular flexibility index (Phi) is 4.22. The van der Waals surface area contributed by atoms with Crippen LogP contribution in [0.1, 0.15) is 42.5 Å². The van der Waals surface area contributed by atoms with Gasteiger partial charge in [0.25, 0.3) is 5.91 Å². The standard InChI is InChI=1S/C16H21BrN2O2/c1-21-12-3-4-14(17)13(9-12)15(20)19-11-5-8-18-16(10-11)6-2-7-16/h3-4,9,11,18H,2,5-8,10H2,1H3,(H,19,20). The monoisotopic (exact) mass is 352 g/mol. The molecule has 0 bridgehead atoms. The maximum atomic E-state index is 12.5. The highest BCUT2D eigenvalue weighted by Crippen LogP contribution is 2.38. The summed E-state index contributed by atoms with van der Waals surface area (Å²) in [5, 5.41) is 6.81. The van der Waals surface area contributed by atoms with Gasteiger partial charge < -0.3 is 15.4 Å². The number of hydrogen-bond donors (Lipinski definition) is 2. The summed E-state index contributed by atoms with van der Waals surface area (Å²) in [4.78, 5) is 12.5. The van der Waals surface area contributed by atoms with Crippen molar-refractivity contribution < 1.29 is 9.53 Å². The molecule has 3 rings (SSSR count). The molecule has 1 atom stereocenters. The smallest absolute Gasteiger partial charge is 0.252 e. The molecule has 5 heteroatoms. The molecule has 1 amide bonds. The van der Waals surface area contributed by atoms with Crippen molar-refractivity contribution in [1.82, 2.24) is 10.6 Å². The van der Waals surface area contributed by atoms with Crippen molar-refractivity contribution in [1.29, 1.82) is 0 Å². The van der Waals surface area contributed by atoms with Gasteiger partial charge in [0.2, 0.25) is 0 Å². The van der Waals surface area contributed by atoms with Crippen LogP contribution >= 0.6 is 15.9 Å². The number of methoxy groups -OCH3 is 1. The molecule has 1 aliphatic carbocycles. The molecular weight excluding hydrogens is 332 g/mol. The molecule has 1 saturated heterocycles. The van der Waals surface area contributed by atoms with Crippen molar-refractivity contribution in [3.8, 4) is 5.75 Å². The average Bonchev–Trinajstić information content (AvgIpc) is 2.46. The first-order chi connectivity index (χ1) is 10.1. The van der Waals surface area contributed by atoms with Crippen molar-refractivity contribution in [2.24, 2.45) is 0 Å². The number of halogens is 1. The Bertz CT molecular complexity index is 543. The van der Waals surface area contributed by atoms with E-state index in [9.17, 15) is 4.79 Å². The molecule has 2 aliphatic rings. The minimum Gasteiger partial charge on any atom is -0.497 e. The number of benzene rings is 1. The Labute approximate surface area is 133 Å². The zero-order chi connectivity index (χ0) is 14.9. The van der Waals surface area contributed by atoms with Gasteiger partial charge in [-0.25, -0.2) is 0 Å². The molecule has 0 aromatic heterocycles. The number of nitrogens with one attached hydrogen (secondary N) is 2. The van der Waals surface area contributed by atoms with Crippen LogP contribution < -0.4 is 15.4 Å². The van der Waals surface area contributed by atoms with Crippen LogP contribution in [0.5, 0.6) is 5.75 Å². The Hall–Kier alpha value is -1.07. The molecule has 1 heterocycles. The fourth-order valence-electron chi connectivity index (χ4n) is 3.33. The summed E-state index contributed by atoms with van der Waals surface area (Å²) in [7, 11) is 1.61. The van der Waals surface area contributed by atoms with E-state index in [4.69, 9.17) is 4.74 Å². The van der Waals surface area contributed by atoms with Crippen molar-refractivity contribution >= 4 is 21.8 Å². The van der Waals surface area contributed by atoms with Crippen LogP contribution in [0.25, 0.3) is 0 Å². The second kappa shape index (κ2) is 5.97. The van der Waals surface area contributed by atoms with Gasteiger partial charge in [-0.3, -0.25) is 4.79 Å². The molecule has 1 unspecified atom stereocenters. The predicted molar refractivity (Wildman–Crippen MR) is 85.8 cm³/mol. The van der Waals surface area contributed by atoms with E-state index in [1.54, 1.807) is 13.2 Å². The number of hydrogen-bond acceptors (Lipinski definition) is 3. The van der Waals surface area contributed by atoms with E-state index in [0.717, 1.165) is 23.9 Å². The van der Waals surface area contributed by atoms with Gasteiger partial charge in [0.15, 0.2) is 0 Å². The van der Waals surface area contributed by atoms with Crippen LogP contribution in [-0.4, -0.2) is 31.1 Å². The number of amides is 1. The van der Waals surface area contributed by atoms with Gasteiger partial charge in [-0.1, -0.05) is 0 Å². The van der Waals surface area contributed by atoms with E-state index in [2.05, 4.69) is 26.6 Å². The van der Waals surface area contributed by atoms with Crippen molar-refractivity contribution in [2.45, 2.75) is 43.7 Å². The summed E-state index contributed by atoms with van der Waals surface area (Å²) < 4.78 is 6.00. The molecule has 1 saturated carbocycles. The number of carbonyl (C=O) groups excluding carboxylic acids is 1. The van der Waals surface area contributed by atoms with E-state index < -0.39 is 0 Å². The van der Waals surface area contributed by atoms with E-state index >= 15 is 0 Å². The molecule has 0 radical (unpaired) electrons. The first-order valence-corrected chi connectivity index (χ1v) is 8.31. The minimum atomic E-state index is -0.0258. The number of piperidine rings is 1. The Morgan fingerprint density at radius 1 is 1.48 bits per heavy atom. The number of rotatable bonds is 3. The molecular formula is C16H21BrN2O2. The maximum absolute atomic E-state index is 12.5. The Morgan fingerprint density at radius 2 is 2.29 bits per heavy atom. The molecule has 1 aliphatic heterocycles. The highest BCUT2D eigenvalue weighted by molar-refractivity contribution is 9.10. The summed E-state index contributed by atoms with van der Waals surface area (Å²) in [6.07, 6.45) is 5.81. The molecule has 1 spiro atoms. The summed E-state index contributed by atoms with van der Waals surface area (Å²) in [5.74, 6) is 0.672. The highest BCUT2D eigenvalue weighted by Gasteiger charge is 2.41. The first-order valence-electron chi connectivity index (χ1n) is 7.51. The third-order valence-electron chi connectivity index (χ3n) is 4.69. The van der Waals surface area contributed by atoms with Gasteiger partial charge in [0.1, 0.15) is 5.75 Å². The lowest BCUT2D eigenvalue weighted by Gasteiger charge is -2.48. The average molecular weight is 353 g/mol. The fraction of sp³-hybridized carbons (Fsp3) is 0.562. The van der Waals surface area contributed by atoms with E-state index in [-0.39, 0.29) is 11.9 Å². The van der Waals surface area contributed by atoms with E-state index in [1.165, 1.54) is 19.3 Å². The van der Waals surface area contributed by atoms with Gasteiger partial charge in [-0.15, -0.1) is 0 Å². The molecule has 21 heavy (non-hydrogen) atoms. The molecule has 2 N–H and O–H groups in total. The lowest BCUT2D eigenvalue weighted by Crippen LogP contribution is -2.59. The SMILES string of the molecule is COc1ccc(Br)c(C(=O)NC2CCNC3(CCC3)C2)c1. The second-order valence-electron chi connectivity index (χ2n) is 6.07. The maximum Gasteiger partial charge on any atom is 0.252 e. The lowest BCUT2D eigenvalue weighted by atomic mass is 9.70. The molecule has 1 aromatic rings. The number of carbonyl (C=O) groups is 1. The van der Waals surface area contributed by atoms with Crippen LogP contribution in [0.15, 0.2) is 22.7 Å². The van der Waals surface area contributed by atoms with Gasteiger partial charge >= 0.3 is 0 Å². The largest absolute Gasteiger partial charge is 0.497 e. The third kappa shape index (κ3) is 3.09. The summed E-state index contributed by atoms with van der Waals surface area (Å²) in [6.45, 7) is 0.990.